The average molecular weight is 268 g/mol. The minimum absolute atomic E-state index is 0.341. The Hall–Kier alpha value is -0.570. The largest absolute Gasteiger partial charge is 0.343 e. The lowest BCUT2D eigenvalue weighted by molar-refractivity contribution is -0.131. The fourth-order valence-corrected chi connectivity index (χ4v) is 2.75. The van der Waals surface area contributed by atoms with Crippen molar-refractivity contribution < 1.29 is 4.79 Å². The zero-order chi connectivity index (χ0) is 13.9. The van der Waals surface area contributed by atoms with Gasteiger partial charge in [0.2, 0.25) is 5.91 Å². The van der Waals surface area contributed by atoms with Gasteiger partial charge in [-0.2, -0.15) is 0 Å². The number of nitrogens with zero attached hydrogens (tertiary/aromatic N) is 1. The van der Waals surface area contributed by atoms with Crippen molar-refractivity contribution in [3.8, 4) is 0 Å². The molecule has 1 unspecified atom stereocenters. The van der Waals surface area contributed by atoms with E-state index in [1.807, 2.05) is 4.90 Å². The van der Waals surface area contributed by atoms with Gasteiger partial charge < -0.3 is 10.2 Å². The first-order valence-corrected chi connectivity index (χ1v) is 8.26. The maximum absolute atomic E-state index is 12.0. The van der Waals surface area contributed by atoms with Crippen LogP contribution in [0.15, 0.2) is 0 Å². The molecule has 0 aromatic rings. The Morgan fingerprint density at radius 3 is 2.58 bits per heavy atom. The number of hydrogen-bond acceptors (Lipinski definition) is 2. The van der Waals surface area contributed by atoms with Crippen molar-refractivity contribution in [2.45, 2.75) is 65.2 Å². The average Bonchev–Trinajstić information content (AvgIpc) is 2.47. The van der Waals surface area contributed by atoms with Crippen molar-refractivity contribution in [3.63, 3.8) is 0 Å². The third kappa shape index (κ3) is 6.95. The van der Waals surface area contributed by atoms with E-state index in [2.05, 4.69) is 19.2 Å². The van der Waals surface area contributed by atoms with Gasteiger partial charge in [0, 0.05) is 26.1 Å². The van der Waals surface area contributed by atoms with Crippen LogP contribution in [-0.2, 0) is 4.79 Å². The third-order valence-corrected chi connectivity index (χ3v) is 4.20. The molecule has 1 saturated heterocycles. The first-order valence-electron chi connectivity index (χ1n) is 8.26. The fourth-order valence-electron chi connectivity index (χ4n) is 2.75. The molecule has 1 fully saturated rings. The maximum Gasteiger partial charge on any atom is 0.223 e. The molecule has 19 heavy (non-hydrogen) atoms. The lowest BCUT2D eigenvalue weighted by Crippen LogP contribution is -2.37. The molecule has 0 radical (unpaired) electrons. The highest BCUT2D eigenvalue weighted by atomic mass is 16.2. The predicted octanol–water partition coefficient (Wildman–Crippen LogP) is 3.20. The van der Waals surface area contributed by atoms with Gasteiger partial charge in [-0.1, -0.05) is 33.1 Å². The van der Waals surface area contributed by atoms with E-state index in [4.69, 9.17) is 0 Å². The quantitative estimate of drug-likeness (QED) is 0.651. The van der Waals surface area contributed by atoms with E-state index in [9.17, 15) is 4.79 Å². The molecule has 1 heterocycles. The number of piperidine rings is 1. The van der Waals surface area contributed by atoms with Gasteiger partial charge in [0.25, 0.3) is 0 Å². The molecule has 0 saturated carbocycles. The van der Waals surface area contributed by atoms with Crippen molar-refractivity contribution in [2.75, 3.05) is 26.2 Å². The number of carbonyl (C=O) groups excluding carboxylic acids is 1. The summed E-state index contributed by atoms with van der Waals surface area (Å²) in [4.78, 5) is 14.0. The van der Waals surface area contributed by atoms with Crippen molar-refractivity contribution in [2.24, 2.45) is 5.92 Å². The molecule has 0 aliphatic carbocycles. The molecule has 3 heteroatoms. The Bertz CT molecular complexity index is 237. The highest BCUT2D eigenvalue weighted by Gasteiger charge is 2.15. The first kappa shape index (κ1) is 16.5. The van der Waals surface area contributed by atoms with Gasteiger partial charge in [-0.25, -0.2) is 0 Å². The lowest BCUT2D eigenvalue weighted by atomic mass is 9.99. The van der Waals surface area contributed by atoms with Crippen LogP contribution in [-0.4, -0.2) is 37.0 Å². The van der Waals surface area contributed by atoms with Gasteiger partial charge in [-0.3, -0.25) is 4.79 Å². The van der Waals surface area contributed by atoms with E-state index in [0.29, 0.717) is 12.3 Å². The van der Waals surface area contributed by atoms with E-state index in [1.54, 1.807) is 0 Å². The standard InChI is InChI=1S/C16H32N2O/c1-3-5-9-15(4-2)14-17-11-10-16(19)18-12-7-6-8-13-18/h15,17H,3-14H2,1-2H3. The number of unbranched alkanes of at least 4 members (excludes halogenated alkanes) is 1. The lowest BCUT2D eigenvalue weighted by Gasteiger charge is -2.26. The fraction of sp³-hybridized carbons (Fsp3) is 0.938. The summed E-state index contributed by atoms with van der Waals surface area (Å²) in [6.07, 6.45) is 9.51. The molecule has 1 aliphatic rings. The van der Waals surface area contributed by atoms with Gasteiger partial charge >= 0.3 is 0 Å². The van der Waals surface area contributed by atoms with E-state index in [-0.39, 0.29) is 0 Å². The van der Waals surface area contributed by atoms with E-state index in [1.165, 1.54) is 44.9 Å². The number of amides is 1. The zero-order valence-corrected chi connectivity index (χ0v) is 12.9. The monoisotopic (exact) mass is 268 g/mol. The van der Waals surface area contributed by atoms with Gasteiger partial charge in [0.1, 0.15) is 0 Å². The van der Waals surface area contributed by atoms with Crippen molar-refractivity contribution in [1.29, 1.82) is 0 Å². The Kier molecular flexibility index (Phi) is 8.89. The van der Waals surface area contributed by atoms with Crippen LogP contribution in [0, 0.1) is 5.92 Å². The number of carbonyl (C=O) groups is 1. The van der Waals surface area contributed by atoms with Crippen LogP contribution < -0.4 is 5.32 Å². The van der Waals surface area contributed by atoms with Crippen molar-refractivity contribution >= 4 is 5.91 Å². The molecular formula is C16H32N2O. The maximum atomic E-state index is 12.0. The minimum atomic E-state index is 0.341. The van der Waals surface area contributed by atoms with Gasteiger partial charge in [0.05, 0.1) is 0 Å². The summed E-state index contributed by atoms with van der Waals surface area (Å²) in [6, 6.07) is 0. The summed E-state index contributed by atoms with van der Waals surface area (Å²) in [5.74, 6) is 1.12. The minimum Gasteiger partial charge on any atom is -0.343 e. The molecule has 1 amide bonds. The molecule has 112 valence electrons. The predicted molar refractivity (Wildman–Crippen MR) is 81.2 cm³/mol. The summed E-state index contributed by atoms with van der Waals surface area (Å²) in [5, 5.41) is 3.47. The van der Waals surface area contributed by atoms with Crippen LogP contribution in [0.25, 0.3) is 0 Å². The molecule has 1 rings (SSSR count). The molecular weight excluding hydrogens is 236 g/mol. The molecule has 0 aromatic heterocycles. The molecule has 3 nitrogen and oxygen atoms in total. The van der Waals surface area contributed by atoms with Crippen LogP contribution in [0.5, 0.6) is 0 Å². The summed E-state index contributed by atoms with van der Waals surface area (Å²) in [6.45, 7) is 8.39. The van der Waals surface area contributed by atoms with E-state index in [0.717, 1.165) is 32.1 Å². The number of likely N-dealkylation sites (tertiary alicyclic amines) is 1. The Morgan fingerprint density at radius 2 is 1.95 bits per heavy atom. The normalized spacial score (nSPS) is 17.5. The second-order valence-corrected chi connectivity index (χ2v) is 5.81. The zero-order valence-electron chi connectivity index (χ0n) is 12.9. The Balaban J connectivity index is 2.06. The summed E-state index contributed by atoms with van der Waals surface area (Å²) < 4.78 is 0. The van der Waals surface area contributed by atoms with Crippen LogP contribution in [0.2, 0.25) is 0 Å². The summed E-state index contributed by atoms with van der Waals surface area (Å²) >= 11 is 0. The van der Waals surface area contributed by atoms with Gasteiger partial charge in [-0.05, 0) is 38.1 Å². The first-order chi connectivity index (χ1) is 9.27. The van der Waals surface area contributed by atoms with Gasteiger partial charge in [-0.15, -0.1) is 0 Å². The second-order valence-electron chi connectivity index (χ2n) is 5.81. The second kappa shape index (κ2) is 10.2. The number of hydrogen-bond donors (Lipinski definition) is 1. The van der Waals surface area contributed by atoms with Crippen molar-refractivity contribution in [3.05, 3.63) is 0 Å². The van der Waals surface area contributed by atoms with Crippen LogP contribution in [0.4, 0.5) is 0 Å². The van der Waals surface area contributed by atoms with E-state index < -0.39 is 0 Å². The smallest absolute Gasteiger partial charge is 0.223 e. The highest BCUT2D eigenvalue weighted by Crippen LogP contribution is 2.12. The molecule has 1 aliphatic heterocycles. The SMILES string of the molecule is CCCCC(CC)CNCCC(=O)N1CCCCC1. The topological polar surface area (TPSA) is 32.3 Å². The number of nitrogens with one attached hydrogen (secondary N) is 1. The Labute approximate surface area is 119 Å². The Morgan fingerprint density at radius 1 is 1.21 bits per heavy atom. The third-order valence-electron chi connectivity index (χ3n) is 4.20. The van der Waals surface area contributed by atoms with Crippen LogP contribution in [0.1, 0.15) is 65.2 Å². The summed E-state index contributed by atoms with van der Waals surface area (Å²) in [7, 11) is 0. The highest BCUT2D eigenvalue weighted by molar-refractivity contribution is 5.76. The van der Waals surface area contributed by atoms with Crippen LogP contribution >= 0.6 is 0 Å². The van der Waals surface area contributed by atoms with Gasteiger partial charge in [0.15, 0.2) is 0 Å². The molecule has 1 N–H and O–H groups in total. The van der Waals surface area contributed by atoms with Crippen LogP contribution in [0.3, 0.4) is 0 Å². The molecule has 0 spiro atoms. The molecule has 1 atom stereocenters. The molecule has 0 bridgehead atoms. The summed E-state index contributed by atoms with van der Waals surface area (Å²) in [5.41, 5.74) is 0. The number of rotatable bonds is 9. The van der Waals surface area contributed by atoms with Crippen molar-refractivity contribution in [1.82, 2.24) is 10.2 Å². The molecule has 0 aromatic carbocycles. The van der Waals surface area contributed by atoms with E-state index >= 15 is 0 Å².